The van der Waals surface area contributed by atoms with Gasteiger partial charge in [-0.05, 0) is 49.3 Å². The van der Waals surface area contributed by atoms with E-state index in [9.17, 15) is 14.9 Å². The van der Waals surface area contributed by atoms with Gasteiger partial charge in [0.1, 0.15) is 5.69 Å². The summed E-state index contributed by atoms with van der Waals surface area (Å²) in [6.45, 7) is 1.80. The molecule has 0 amide bonds. The number of aryl methyl sites for hydroxylation is 1. The van der Waals surface area contributed by atoms with Crippen LogP contribution in [0, 0.1) is 17.0 Å². The van der Waals surface area contributed by atoms with Gasteiger partial charge in [-0.2, -0.15) is 5.10 Å². The maximum Gasteiger partial charge on any atom is 0.303 e. The largest absolute Gasteiger partial charge is 0.481 e. The summed E-state index contributed by atoms with van der Waals surface area (Å²) in [4.78, 5) is 21.9. The van der Waals surface area contributed by atoms with Gasteiger partial charge in [0, 0.05) is 11.8 Å². The molecular formula is C16H17N3O4. The van der Waals surface area contributed by atoms with E-state index in [1.807, 2.05) is 6.07 Å². The van der Waals surface area contributed by atoms with Crippen LogP contribution in [0.4, 0.5) is 5.69 Å². The molecule has 7 heteroatoms. The zero-order valence-corrected chi connectivity index (χ0v) is 12.7. The van der Waals surface area contributed by atoms with Crippen molar-refractivity contribution in [1.29, 1.82) is 0 Å². The van der Waals surface area contributed by atoms with Crippen LogP contribution in [0.15, 0.2) is 24.4 Å². The van der Waals surface area contributed by atoms with E-state index in [1.165, 1.54) is 6.07 Å². The van der Waals surface area contributed by atoms with E-state index in [1.54, 1.807) is 23.9 Å². The summed E-state index contributed by atoms with van der Waals surface area (Å²) in [6, 6.07) is 5.04. The second kappa shape index (κ2) is 5.83. The smallest absolute Gasteiger partial charge is 0.303 e. The van der Waals surface area contributed by atoms with Gasteiger partial charge in [-0.1, -0.05) is 6.07 Å². The van der Waals surface area contributed by atoms with E-state index < -0.39 is 10.9 Å². The van der Waals surface area contributed by atoms with Gasteiger partial charge in [-0.3, -0.25) is 14.9 Å². The van der Waals surface area contributed by atoms with Crippen molar-refractivity contribution < 1.29 is 14.8 Å². The summed E-state index contributed by atoms with van der Waals surface area (Å²) in [6.07, 6.45) is 4.13. The van der Waals surface area contributed by atoms with E-state index in [2.05, 4.69) is 5.10 Å². The standard InChI is InChI=1S/C16H17N3O4/c1-10-5-6-14(15(7-10)19(22)23)18-13-4-2-3-11(8-16(20)21)12(13)9-17-18/h5-7,9,11H,2-4,8H2,1H3,(H,20,21). The van der Waals surface area contributed by atoms with Crippen molar-refractivity contribution in [2.24, 2.45) is 0 Å². The number of aromatic nitrogens is 2. The number of hydrogen-bond donors (Lipinski definition) is 1. The summed E-state index contributed by atoms with van der Waals surface area (Å²) in [5.74, 6) is -0.911. The van der Waals surface area contributed by atoms with Crippen molar-refractivity contribution in [1.82, 2.24) is 9.78 Å². The summed E-state index contributed by atoms with van der Waals surface area (Å²) in [7, 11) is 0. The van der Waals surface area contributed by atoms with Crippen LogP contribution in [-0.4, -0.2) is 25.8 Å². The SMILES string of the molecule is Cc1ccc(-n2ncc3c2CCCC3CC(=O)O)c([N+](=O)[O-])c1. The summed E-state index contributed by atoms with van der Waals surface area (Å²) in [5, 5.41) is 24.7. The zero-order chi connectivity index (χ0) is 16.6. The minimum atomic E-state index is -0.836. The molecule has 0 fully saturated rings. The van der Waals surface area contributed by atoms with E-state index >= 15 is 0 Å². The van der Waals surface area contributed by atoms with Gasteiger partial charge in [0.25, 0.3) is 5.69 Å². The van der Waals surface area contributed by atoms with Crippen molar-refractivity contribution in [2.45, 2.75) is 38.5 Å². The number of fused-ring (bicyclic) bond motifs is 1. The highest BCUT2D eigenvalue weighted by atomic mass is 16.6. The molecule has 1 aliphatic carbocycles. The number of benzene rings is 1. The van der Waals surface area contributed by atoms with Crippen LogP contribution in [0.5, 0.6) is 0 Å². The van der Waals surface area contributed by atoms with Gasteiger partial charge < -0.3 is 5.11 Å². The Hall–Kier alpha value is -2.70. The minimum Gasteiger partial charge on any atom is -0.481 e. The Labute approximate surface area is 132 Å². The van der Waals surface area contributed by atoms with Gasteiger partial charge in [-0.25, -0.2) is 4.68 Å². The van der Waals surface area contributed by atoms with Crippen molar-refractivity contribution in [3.63, 3.8) is 0 Å². The Morgan fingerprint density at radius 2 is 2.30 bits per heavy atom. The first-order chi connectivity index (χ1) is 11.0. The van der Waals surface area contributed by atoms with Gasteiger partial charge in [0.15, 0.2) is 0 Å². The van der Waals surface area contributed by atoms with Crippen LogP contribution in [0.25, 0.3) is 5.69 Å². The fourth-order valence-electron chi connectivity index (χ4n) is 3.24. The third-order valence-electron chi connectivity index (χ3n) is 4.28. The topological polar surface area (TPSA) is 98.3 Å². The van der Waals surface area contributed by atoms with Gasteiger partial charge in [0.2, 0.25) is 0 Å². The Morgan fingerprint density at radius 1 is 1.52 bits per heavy atom. The molecule has 120 valence electrons. The molecule has 1 aromatic carbocycles. The average molecular weight is 315 g/mol. The molecule has 7 nitrogen and oxygen atoms in total. The Balaban J connectivity index is 2.08. The van der Waals surface area contributed by atoms with Crippen LogP contribution in [0.2, 0.25) is 0 Å². The average Bonchev–Trinajstić information content (AvgIpc) is 2.91. The van der Waals surface area contributed by atoms with Crippen molar-refractivity contribution in [3.8, 4) is 5.69 Å². The van der Waals surface area contributed by atoms with Crippen LogP contribution >= 0.6 is 0 Å². The lowest BCUT2D eigenvalue weighted by atomic mass is 9.85. The molecule has 0 bridgehead atoms. The zero-order valence-electron chi connectivity index (χ0n) is 12.7. The quantitative estimate of drug-likeness (QED) is 0.691. The predicted octanol–water partition coefficient (Wildman–Crippen LogP) is 2.98. The second-order valence-corrected chi connectivity index (χ2v) is 5.89. The minimum absolute atomic E-state index is 0.0104. The van der Waals surface area contributed by atoms with Gasteiger partial charge in [-0.15, -0.1) is 0 Å². The molecule has 0 saturated carbocycles. The molecule has 2 aromatic rings. The fourth-order valence-corrected chi connectivity index (χ4v) is 3.24. The molecule has 1 unspecified atom stereocenters. The molecule has 0 saturated heterocycles. The molecular weight excluding hydrogens is 298 g/mol. The summed E-state index contributed by atoms with van der Waals surface area (Å²) >= 11 is 0. The number of carboxylic acid groups (broad SMARTS) is 1. The first-order valence-corrected chi connectivity index (χ1v) is 7.51. The lowest BCUT2D eigenvalue weighted by Gasteiger charge is -2.21. The second-order valence-electron chi connectivity index (χ2n) is 5.89. The number of nitrogens with zero attached hydrogens (tertiary/aromatic N) is 3. The normalized spacial score (nSPS) is 16.8. The molecule has 1 heterocycles. The maximum atomic E-state index is 11.3. The number of carbonyl (C=O) groups is 1. The number of hydrogen-bond acceptors (Lipinski definition) is 4. The first-order valence-electron chi connectivity index (χ1n) is 7.51. The third-order valence-corrected chi connectivity index (χ3v) is 4.28. The van der Waals surface area contributed by atoms with E-state index in [0.717, 1.165) is 36.1 Å². The summed E-state index contributed by atoms with van der Waals surface area (Å²) in [5.41, 5.74) is 3.03. The van der Waals surface area contributed by atoms with Crippen molar-refractivity contribution in [2.75, 3.05) is 0 Å². The van der Waals surface area contributed by atoms with Crippen LogP contribution < -0.4 is 0 Å². The van der Waals surface area contributed by atoms with Crippen LogP contribution in [-0.2, 0) is 11.2 Å². The van der Waals surface area contributed by atoms with Crippen molar-refractivity contribution >= 4 is 11.7 Å². The molecule has 0 spiro atoms. The number of nitro groups is 1. The molecule has 1 aliphatic rings. The van der Waals surface area contributed by atoms with E-state index in [0.29, 0.717) is 5.69 Å². The molecule has 23 heavy (non-hydrogen) atoms. The van der Waals surface area contributed by atoms with Crippen LogP contribution in [0.1, 0.15) is 42.0 Å². The van der Waals surface area contributed by atoms with Gasteiger partial charge >= 0.3 is 5.97 Å². The summed E-state index contributed by atoms with van der Waals surface area (Å²) < 4.78 is 1.60. The molecule has 0 radical (unpaired) electrons. The van der Waals surface area contributed by atoms with Gasteiger partial charge in [0.05, 0.1) is 17.5 Å². The number of carboxylic acids is 1. The highest BCUT2D eigenvalue weighted by molar-refractivity contribution is 5.68. The first kappa shape index (κ1) is 15.2. The molecule has 1 aromatic heterocycles. The van der Waals surface area contributed by atoms with Crippen molar-refractivity contribution in [3.05, 3.63) is 51.3 Å². The Kier molecular flexibility index (Phi) is 3.85. The number of rotatable bonds is 4. The highest BCUT2D eigenvalue weighted by Gasteiger charge is 2.28. The van der Waals surface area contributed by atoms with Crippen LogP contribution in [0.3, 0.4) is 0 Å². The van der Waals surface area contributed by atoms with E-state index in [-0.39, 0.29) is 18.0 Å². The third kappa shape index (κ3) is 2.81. The number of nitro benzene ring substituents is 1. The lowest BCUT2D eigenvalue weighted by molar-refractivity contribution is -0.384. The fraction of sp³-hybridized carbons (Fsp3) is 0.375. The monoisotopic (exact) mass is 315 g/mol. The molecule has 1 N–H and O–H groups in total. The maximum absolute atomic E-state index is 11.3. The molecule has 3 rings (SSSR count). The van der Waals surface area contributed by atoms with E-state index in [4.69, 9.17) is 5.11 Å². The molecule has 0 aliphatic heterocycles. The Bertz CT molecular complexity index is 782. The lowest BCUT2D eigenvalue weighted by Crippen LogP contribution is -2.15. The highest BCUT2D eigenvalue weighted by Crippen LogP contribution is 2.36. The Morgan fingerprint density at radius 3 is 3.00 bits per heavy atom. The predicted molar refractivity (Wildman–Crippen MR) is 82.9 cm³/mol. The number of aliphatic carboxylic acids is 1. The molecule has 1 atom stereocenters.